The van der Waals surface area contributed by atoms with Gasteiger partial charge >= 0.3 is 6.18 Å². The molecule has 1 nitrogen and oxygen atoms in total. The quantitative estimate of drug-likeness (QED) is 0.445. The lowest BCUT2D eigenvalue weighted by Gasteiger charge is -2.30. The SMILES string of the molecule is Cc1cccc(-c2ccccc2OCC2=CCC(C3CCC(C(F)(F)F)CC3)=C=C2)c1. The van der Waals surface area contributed by atoms with Gasteiger partial charge in [-0.05, 0) is 73.8 Å². The molecule has 2 aliphatic rings. The van der Waals surface area contributed by atoms with E-state index in [1.54, 1.807) is 0 Å². The summed E-state index contributed by atoms with van der Waals surface area (Å²) in [6.07, 6.45) is 2.41. The Bertz CT molecular complexity index is 1020. The highest BCUT2D eigenvalue weighted by Crippen LogP contribution is 2.42. The van der Waals surface area contributed by atoms with Gasteiger partial charge < -0.3 is 4.74 Å². The Morgan fingerprint density at radius 2 is 1.77 bits per heavy atom. The van der Waals surface area contributed by atoms with Gasteiger partial charge in [-0.15, -0.1) is 5.73 Å². The molecule has 0 aromatic heterocycles. The second-order valence-electron chi connectivity index (χ2n) is 8.54. The lowest BCUT2D eigenvalue weighted by atomic mass is 9.77. The molecule has 0 bridgehead atoms. The van der Waals surface area contributed by atoms with Gasteiger partial charge in [-0.2, -0.15) is 13.2 Å². The highest BCUT2D eigenvalue weighted by Gasteiger charge is 2.41. The van der Waals surface area contributed by atoms with Crippen LogP contribution in [0.1, 0.15) is 37.7 Å². The smallest absolute Gasteiger partial charge is 0.391 e. The molecular weight excluding hydrogens is 397 g/mol. The van der Waals surface area contributed by atoms with Crippen molar-refractivity contribution in [2.45, 2.75) is 45.2 Å². The van der Waals surface area contributed by atoms with Crippen LogP contribution in [0, 0.1) is 18.8 Å². The summed E-state index contributed by atoms with van der Waals surface area (Å²) in [4.78, 5) is 0. The lowest BCUT2D eigenvalue weighted by molar-refractivity contribution is -0.183. The van der Waals surface area contributed by atoms with Gasteiger partial charge in [-0.1, -0.05) is 54.1 Å². The summed E-state index contributed by atoms with van der Waals surface area (Å²) < 4.78 is 44.8. The Balaban J connectivity index is 1.38. The van der Waals surface area contributed by atoms with E-state index in [1.165, 1.54) is 5.56 Å². The first kappa shape index (κ1) is 21.5. The summed E-state index contributed by atoms with van der Waals surface area (Å²) >= 11 is 0. The van der Waals surface area contributed by atoms with Gasteiger partial charge in [0.15, 0.2) is 0 Å². The normalized spacial score (nSPS) is 21.4. The van der Waals surface area contributed by atoms with Crippen LogP contribution in [-0.2, 0) is 0 Å². The molecule has 162 valence electrons. The van der Waals surface area contributed by atoms with Gasteiger partial charge in [-0.3, -0.25) is 0 Å². The molecule has 31 heavy (non-hydrogen) atoms. The molecule has 4 heteroatoms. The van der Waals surface area contributed by atoms with Crippen LogP contribution in [-0.4, -0.2) is 12.8 Å². The van der Waals surface area contributed by atoms with Crippen molar-refractivity contribution in [1.82, 2.24) is 0 Å². The third kappa shape index (κ3) is 5.32. The second-order valence-corrected chi connectivity index (χ2v) is 8.54. The molecule has 2 aromatic carbocycles. The van der Waals surface area contributed by atoms with E-state index in [4.69, 9.17) is 4.74 Å². The van der Waals surface area contributed by atoms with E-state index >= 15 is 0 Å². The van der Waals surface area contributed by atoms with Gasteiger partial charge in [0.2, 0.25) is 0 Å². The Morgan fingerprint density at radius 1 is 1.00 bits per heavy atom. The van der Waals surface area contributed by atoms with Gasteiger partial charge in [-0.25, -0.2) is 0 Å². The predicted octanol–water partition coefficient (Wildman–Crippen LogP) is 7.82. The van der Waals surface area contributed by atoms with E-state index in [0.717, 1.165) is 34.4 Å². The average molecular weight is 425 g/mol. The number of hydrogen-bond donors (Lipinski definition) is 0. The van der Waals surface area contributed by atoms with E-state index in [2.05, 4.69) is 43.0 Å². The highest BCUT2D eigenvalue weighted by molar-refractivity contribution is 5.70. The van der Waals surface area contributed by atoms with Crippen molar-refractivity contribution in [3.63, 3.8) is 0 Å². The molecule has 1 fully saturated rings. The van der Waals surface area contributed by atoms with Crippen LogP contribution in [0.15, 0.2) is 77.6 Å². The zero-order chi connectivity index (χ0) is 21.8. The molecule has 2 aliphatic carbocycles. The summed E-state index contributed by atoms with van der Waals surface area (Å²) in [5, 5.41) is 0. The summed E-state index contributed by atoms with van der Waals surface area (Å²) in [5.41, 5.74) is 8.91. The number of hydrogen-bond acceptors (Lipinski definition) is 1. The van der Waals surface area contributed by atoms with Crippen LogP contribution in [0.5, 0.6) is 5.75 Å². The van der Waals surface area contributed by atoms with Crippen molar-refractivity contribution in [2.75, 3.05) is 6.61 Å². The molecule has 0 amide bonds. The van der Waals surface area contributed by atoms with E-state index in [9.17, 15) is 13.2 Å². The predicted molar refractivity (Wildman–Crippen MR) is 118 cm³/mol. The Labute approximate surface area is 181 Å². The van der Waals surface area contributed by atoms with Crippen molar-refractivity contribution >= 4 is 0 Å². The average Bonchev–Trinajstić information content (AvgIpc) is 2.78. The van der Waals surface area contributed by atoms with E-state index in [-0.39, 0.29) is 18.8 Å². The van der Waals surface area contributed by atoms with Gasteiger partial charge in [0.1, 0.15) is 12.4 Å². The maximum Gasteiger partial charge on any atom is 0.391 e. The van der Waals surface area contributed by atoms with Crippen LogP contribution in [0.25, 0.3) is 11.1 Å². The van der Waals surface area contributed by atoms with Crippen molar-refractivity contribution in [2.24, 2.45) is 11.8 Å². The van der Waals surface area contributed by atoms with E-state index in [0.29, 0.717) is 19.4 Å². The standard InChI is InChI=1S/C27H27F3O/c1-19-5-4-6-23(17-19)25-7-2-3-8-26(25)31-18-20-9-11-21(12-10-20)22-13-15-24(16-14-22)27(28,29)30/h2-10,17,22,24H,11,13-16,18H2,1H3. The monoisotopic (exact) mass is 424 g/mol. The number of para-hydroxylation sites is 1. The maximum absolute atomic E-state index is 12.9. The summed E-state index contributed by atoms with van der Waals surface area (Å²) in [6, 6.07) is 16.4. The minimum absolute atomic E-state index is 0.218. The number of benzene rings is 2. The number of halogens is 3. The number of alkyl halides is 3. The Kier molecular flexibility index (Phi) is 6.38. The van der Waals surface area contributed by atoms with Gasteiger partial charge in [0, 0.05) is 5.56 Å². The Morgan fingerprint density at radius 3 is 2.45 bits per heavy atom. The van der Waals surface area contributed by atoms with Crippen LogP contribution >= 0.6 is 0 Å². The van der Waals surface area contributed by atoms with Gasteiger partial charge in [0.05, 0.1) is 5.92 Å². The molecule has 4 rings (SSSR count). The first-order valence-electron chi connectivity index (χ1n) is 10.9. The molecule has 0 spiro atoms. The number of aryl methyl sites for hydroxylation is 1. The molecule has 0 N–H and O–H groups in total. The first-order valence-corrected chi connectivity index (χ1v) is 10.9. The molecule has 0 saturated heterocycles. The molecule has 0 aliphatic heterocycles. The van der Waals surface area contributed by atoms with Gasteiger partial charge in [0.25, 0.3) is 0 Å². The lowest BCUT2D eigenvalue weighted by Crippen LogP contribution is -2.28. The number of ether oxygens (including phenoxy) is 1. The van der Waals surface area contributed by atoms with Crippen molar-refractivity contribution < 1.29 is 17.9 Å². The number of rotatable bonds is 5. The molecule has 1 saturated carbocycles. The fourth-order valence-corrected chi connectivity index (χ4v) is 4.50. The van der Waals surface area contributed by atoms with Crippen LogP contribution in [0.4, 0.5) is 13.2 Å². The fourth-order valence-electron chi connectivity index (χ4n) is 4.50. The highest BCUT2D eigenvalue weighted by atomic mass is 19.4. The zero-order valence-corrected chi connectivity index (χ0v) is 17.7. The zero-order valence-electron chi connectivity index (χ0n) is 17.7. The molecule has 2 aromatic rings. The molecule has 0 unspecified atom stereocenters. The molecular formula is C27H27F3O. The Hall–Kier alpha value is -2.71. The first-order chi connectivity index (χ1) is 14.9. The second kappa shape index (κ2) is 9.20. The third-order valence-corrected chi connectivity index (χ3v) is 6.32. The third-order valence-electron chi connectivity index (χ3n) is 6.32. The molecule has 0 heterocycles. The van der Waals surface area contributed by atoms with Crippen LogP contribution in [0.3, 0.4) is 0 Å². The molecule has 0 atom stereocenters. The minimum atomic E-state index is -4.05. The number of allylic oxidation sites excluding steroid dienone is 1. The molecule has 0 radical (unpaired) electrons. The fraction of sp³-hybridized carbons (Fsp3) is 0.370. The summed E-state index contributed by atoms with van der Waals surface area (Å²) in [5.74, 6) is -0.0804. The maximum atomic E-state index is 12.9. The van der Waals surface area contributed by atoms with Crippen LogP contribution in [0.2, 0.25) is 0 Å². The minimum Gasteiger partial charge on any atom is -0.488 e. The van der Waals surface area contributed by atoms with Crippen molar-refractivity contribution in [1.29, 1.82) is 0 Å². The summed E-state index contributed by atoms with van der Waals surface area (Å²) in [6.45, 7) is 2.52. The van der Waals surface area contributed by atoms with Crippen molar-refractivity contribution in [3.8, 4) is 16.9 Å². The van der Waals surface area contributed by atoms with E-state index in [1.807, 2.05) is 30.3 Å². The summed E-state index contributed by atoms with van der Waals surface area (Å²) in [7, 11) is 0. The van der Waals surface area contributed by atoms with Crippen molar-refractivity contribution in [3.05, 3.63) is 83.1 Å². The van der Waals surface area contributed by atoms with Crippen LogP contribution < -0.4 is 4.74 Å². The topological polar surface area (TPSA) is 9.23 Å². The van der Waals surface area contributed by atoms with E-state index < -0.39 is 12.1 Å². The largest absolute Gasteiger partial charge is 0.488 e.